The predicted octanol–water partition coefficient (Wildman–Crippen LogP) is 3.55. The first-order valence-electron chi connectivity index (χ1n) is 7.91. The molecule has 0 N–H and O–H groups in total. The lowest BCUT2D eigenvalue weighted by Gasteiger charge is -2.01. The maximum atomic E-state index is 12.1. The summed E-state index contributed by atoms with van der Waals surface area (Å²) < 4.78 is 9.43. The first-order valence-corrected chi connectivity index (χ1v) is 8.72. The average Bonchev–Trinajstić information content (AvgIpc) is 3.00. The van der Waals surface area contributed by atoms with Crippen molar-refractivity contribution in [1.29, 1.82) is 0 Å². The molecule has 0 saturated heterocycles. The topological polar surface area (TPSA) is 69.7 Å². The van der Waals surface area contributed by atoms with Gasteiger partial charge in [-0.3, -0.25) is 14.4 Å². The second-order valence-corrected chi connectivity index (χ2v) is 6.30. The fourth-order valence-electron chi connectivity index (χ4n) is 2.08. The molecule has 1 rings (SSSR count). The molecule has 0 aromatic carbocycles. The minimum atomic E-state index is -0.252. The third-order valence-corrected chi connectivity index (χ3v) is 4.49. The van der Waals surface area contributed by atoms with Gasteiger partial charge >= 0.3 is 11.9 Å². The Morgan fingerprint density at radius 2 is 1.74 bits per heavy atom. The van der Waals surface area contributed by atoms with Gasteiger partial charge in [-0.15, -0.1) is 11.3 Å². The van der Waals surface area contributed by atoms with Crippen LogP contribution in [0.1, 0.15) is 60.0 Å². The van der Waals surface area contributed by atoms with Gasteiger partial charge in [0.05, 0.1) is 18.6 Å². The normalized spacial score (nSPS) is 10.3. The van der Waals surface area contributed by atoms with Crippen molar-refractivity contribution in [3.05, 3.63) is 21.9 Å². The number of carbonyl (C=O) groups excluding carboxylic acids is 3. The van der Waals surface area contributed by atoms with E-state index in [0.717, 1.165) is 29.0 Å². The van der Waals surface area contributed by atoms with Crippen LogP contribution < -0.4 is 0 Å². The summed E-state index contributed by atoms with van der Waals surface area (Å²) in [5.41, 5.74) is 0. The Morgan fingerprint density at radius 3 is 2.43 bits per heavy atom. The van der Waals surface area contributed by atoms with Crippen molar-refractivity contribution in [2.24, 2.45) is 0 Å². The van der Waals surface area contributed by atoms with E-state index in [-0.39, 0.29) is 24.1 Å². The van der Waals surface area contributed by atoms with E-state index in [4.69, 9.17) is 4.74 Å². The minimum Gasteiger partial charge on any atom is -0.469 e. The fourth-order valence-corrected chi connectivity index (χ4v) is 3.10. The van der Waals surface area contributed by atoms with Gasteiger partial charge in [0.25, 0.3) is 0 Å². The molecule has 1 aromatic rings. The maximum absolute atomic E-state index is 12.1. The molecule has 0 saturated carbocycles. The Kier molecular flexibility index (Phi) is 9.21. The highest BCUT2D eigenvalue weighted by atomic mass is 32.1. The molecule has 0 aliphatic carbocycles. The molecule has 0 unspecified atom stereocenters. The smallest absolute Gasteiger partial charge is 0.305 e. The molecule has 6 heteroatoms. The average molecular weight is 340 g/mol. The molecule has 0 amide bonds. The van der Waals surface area contributed by atoms with Crippen molar-refractivity contribution >= 4 is 29.1 Å². The number of esters is 2. The number of methoxy groups -OCH3 is 1. The highest BCUT2D eigenvalue weighted by Crippen LogP contribution is 2.21. The number of hydrogen-bond acceptors (Lipinski definition) is 6. The zero-order valence-electron chi connectivity index (χ0n) is 13.8. The molecule has 128 valence electrons. The van der Waals surface area contributed by atoms with Crippen LogP contribution in [0.5, 0.6) is 0 Å². The number of thiophene rings is 1. The van der Waals surface area contributed by atoms with E-state index in [2.05, 4.69) is 4.74 Å². The summed E-state index contributed by atoms with van der Waals surface area (Å²) in [6.45, 7) is 2.14. The zero-order valence-corrected chi connectivity index (χ0v) is 14.6. The van der Waals surface area contributed by atoms with Gasteiger partial charge in [-0.2, -0.15) is 0 Å². The van der Waals surface area contributed by atoms with E-state index in [9.17, 15) is 14.4 Å². The maximum Gasteiger partial charge on any atom is 0.305 e. The highest BCUT2D eigenvalue weighted by molar-refractivity contribution is 7.14. The predicted molar refractivity (Wildman–Crippen MR) is 88.7 cm³/mol. The van der Waals surface area contributed by atoms with Crippen LogP contribution in [0.25, 0.3) is 0 Å². The van der Waals surface area contributed by atoms with Gasteiger partial charge in [-0.1, -0.05) is 0 Å². The molecule has 5 nitrogen and oxygen atoms in total. The number of ketones is 1. The van der Waals surface area contributed by atoms with Crippen molar-refractivity contribution in [1.82, 2.24) is 0 Å². The van der Waals surface area contributed by atoms with Gasteiger partial charge in [0.2, 0.25) is 0 Å². The summed E-state index contributed by atoms with van der Waals surface area (Å²) >= 11 is 1.49. The van der Waals surface area contributed by atoms with Crippen LogP contribution in [0, 0.1) is 0 Å². The standard InChI is InChI=1S/C17H24O5S/c1-3-22-17(20)10-6-8-14(18)15-12-11-13(23-15)7-4-5-9-16(19)21-2/h11-12H,3-10H2,1-2H3. The molecule has 1 heterocycles. The largest absolute Gasteiger partial charge is 0.469 e. The highest BCUT2D eigenvalue weighted by Gasteiger charge is 2.11. The van der Waals surface area contributed by atoms with Crippen LogP contribution >= 0.6 is 11.3 Å². The fraction of sp³-hybridized carbons (Fsp3) is 0.588. The molecule has 0 bridgehead atoms. The van der Waals surface area contributed by atoms with Crippen LogP contribution in [-0.4, -0.2) is 31.4 Å². The van der Waals surface area contributed by atoms with Crippen LogP contribution in [0.3, 0.4) is 0 Å². The van der Waals surface area contributed by atoms with Crippen LogP contribution in [0.4, 0.5) is 0 Å². The van der Waals surface area contributed by atoms with Crippen molar-refractivity contribution < 1.29 is 23.9 Å². The van der Waals surface area contributed by atoms with Crippen LogP contribution in [0.2, 0.25) is 0 Å². The Morgan fingerprint density at radius 1 is 1.00 bits per heavy atom. The number of unbranched alkanes of at least 4 members (excludes halogenated alkanes) is 1. The lowest BCUT2D eigenvalue weighted by Crippen LogP contribution is -2.05. The lowest BCUT2D eigenvalue weighted by atomic mass is 10.1. The van der Waals surface area contributed by atoms with E-state index in [1.165, 1.54) is 18.4 Å². The number of rotatable bonds is 11. The molecular formula is C17H24O5S. The molecule has 23 heavy (non-hydrogen) atoms. The van der Waals surface area contributed by atoms with Crippen molar-refractivity contribution in [3.8, 4) is 0 Å². The second-order valence-electron chi connectivity index (χ2n) is 5.13. The third kappa shape index (κ3) is 7.93. The molecule has 0 radical (unpaired) electrons. The second kappa shape index (κ2) is 10.9. The lowest BCUT2D eigenvalue weighted by molar-refractivity contribution is -0.143. The molecule has 1 aromatic heterocycles. The van der Waals surface area contributed by atoms with Gasteiger partial charge in [-0.25, -0.2) is 0 Å². The first kappa shape index (κ1) is 19.4. The number of hydrogen-bond donors (Lipinski definition) is 0. The van der Waals surface area contributed by atoms with E-state index in [0.29, 0.717) is 25.9 Å². The van der Waals surface area contributed by atoms with Gasteiger partial charge < -0.3 is 9.47 Å². The monoisotopic (exact) mass is 340 g/mol. The van der Waals surface area contributed by atoms with Gasteiger partial charge in [0.1, 0.15) is 0 Å². The number of ether oxygens (including phenoxy) is 2. The van der Waals surface area contributed by atoms with Crippen LogP contribution in [0.15, 0.2) is 12.1 Å². The molecule has 0 spiro atoms. The molecular weight excluding hydrogens is 316 g/mol. The minimum absolute atomic E-state index is 0.0695. The third-order valence-electron chi connectivity index (χ3n) is 3.31. The molecule has 0 aliphatic rings. The number of Topliss-reactive ketones (excluding diaryl/α,β-unsaturated/α-hetero) is 1. The summed E-state index contributed by atoms with van der Waals surface area (Å²) in [6, 6.07) is 3.80. The van der Waals surface area contributed by atoms with Crippen molar-refractivity contribution in [3.63, 3.8) is 0 Å². The summed E-state index contributed by atoms with van der Waals surface area (Å²) in [5, 5.41) is 0. The van der Waals surface area contributed by atoms with Crippen molar-refractivity contribution in [2.45, 2.75) is 51.9 Å². The molecule has 0 fully saturated rings. The molecule has 0 aliphatic heterocycles. The number of aryl methyl sites for hydroxylation is 1. The SMILES string of the molecule is CCOC(=O)CCCC(=O)c1ccc(CCCCC(=O)OC)s1. The first-order chi connectivity index (χ1) is 11.1. The van der Waals surface area contributed by atoms with E-state index >= 15 is 0 Å². The van der Waals surface area contributed by atoms with E-state index in [1.807, 2.05) is 12.1 Å². The van der Waals surface area contributed by atoms with Gasteiger partial charge in [0.15, 0.2) is 5.78 Å². The van der Waals surface area contributed by atoms with E-state index in [1.54, 1.807) is 6.92 Å². The Bertz CT molecular complexity index is 521. The summed E-state index contributed by atoms with van der Waals surface area (Å²) in [7, 11) is 1.39. The Hall–Kier alpha value is -1.69. The van der Waals surface area contributed by atoms with Crippen molar-refractivity contribution in [2.75, 3.05) is 13.7 Å². The molecule has 0 atom stereocenters. The van der Waals surface area contributed by atoms with Gasteiger partial charge in [-0.05, 0) is 44.7 Å². The quantitative estimate of drug-likeness (QED) is 0.350. The summed E-state index contributed by atoms with van der Waals surface area (Å²) in [4.78, 5) is 36.2. The number of carbonyl (C=O) groups is 3. The Labute approximate surface area is 141 Å². The Balaban J connectivity index is 2.27. The summed E-state index contributed by atoms with van der Waals surface area (Å²) in [5.74, 6) is -0.369. The zero-order chi connectivity index (χ0) is 17.1. The van der Waals surface area contributed by atoms with E-state index < -0.39 is 0 Å². The summed E-state index contributed by atoms with van der Waals surface area (Å²) in [6.07, 6.45) is 4.13. The van der Waals surface area contributed by atoms with Crippen LogP contribution in [-0.2, 0) is 25.5 Å². The van der Waals surface area contributed by atoms with Gasteiger partial charge in [0, 0.05) is 24.1 Å².